The first-order valence-electron chi connectivity index (χ1n) is 38.6. The topological polar surface area (TPSA) is 838 Å². The second-order valence-corrected chi connectivity index (χ2v) is 30.5. The fraction of sp³-hybridized carbons (Fsp3) is 0.940. The van der Waals surface area contributed by atoms with Crippen molar-refractivity contribution >= 4 is 23.6 Å². The van der Waals surface area contributed by atoms with Gasteiger partial charge in [-0.05, 0) is 0 Å². The van der Waals surface area contributed by atoms with Gasteiger partial charge in [-0.3, -0.25) is 19.2 Å². The molecule has 0 radical (unpaired) electrons. The third-order valence-corrected chi connectivity index (χ3v) is 22.1. The molecule has 0 saturated carbocycles. The first kappa shape index (κ1) is 99.2. The molecular formula is C67H112N4O50. The summed E-state index contributed by atoms with van der Waals surface area (Å²) in [4.78, 5) is 51.9. The van der Waals surface area contributed by atoms with E-state index in [0.717, 1.165) is 27.7 Å². The van der Waals surface area contributed by atoms with Crippen molar-refractivity contribution in [2.24, 2.45) is 0 Å². The highest BCUT2D eigenvalue weighted by Crippen LogP contribution is 2.42. The molecule has 31 N–H and O–H groups in total. The number of rotatable bonds is 31. The van der Waals surface area contributed by atoms with Crippen LogP contribution in [0.25, 0.3) is 0 Å². The minimum absolute atomic E-state index is 0.820. The van der Waals surface area contributed by atoms with Crippen LogP contribution in [0, 0.1) is 0 Å². The Balaban J connectivity index is 1.07. The van der Waals surface area contributed by atoms with Gasteiger partial charge in [0.2, 0.25) is 23.6 Å². The molecule has 0 bridgehead atoms. The van der Waals surface area contributed by atoms with Crippen molar-refractivity contribution < 1.29 is 247 Å². The van der Waals surface area contributed by atoms with Crippen molar-refractivity contribution in [3.05, 3.63) is 0 Å². The number of aliphatic hydroxyl groups excluding tert-OH is 27. The van der Waals surface area contributed by atoms with Crippen molar-refractivity contribution in [3.8, 4) is 0 Å². The lowest BCUT2D eigenvalue weighted by Crippen LogP contribution is -2.71. The number of carbonyl (C=O) groups is 4. The lowest BCUT2D eigenvalue weighted by atomic mass is 9.93. The summed E-state index contributed by atoms with van der Waals surface area (Å²) in [5, 5.41) is 311. The first-order valence-corrected chi connectivity index (χ1v) is 38.6. The van der Waals surface area contributed by atoms with Gasteiger partial charge in [0.05, 0.1) is 66.1 Å². The Bertz CT molecular complexity index is 3250. The van der Waals surface area contributed by atoms with Crippen molar-refractivity contribution in [2.75, 3.05) is 66.1 Å². The second kappa shape index (κ2) is 43.4. The van der Waals surface area contributed by atoms with Crippen LogP contribution >= 0.6 is 0 Å². The number of aliphatic hydroxyl groups is 27. The molecule has 10 rings (SSSR count). The summed E-state index contributed by atoms with van der Waals surface area (Å²) in [6.45, 7) is -7.57. The molecule has 0 aromatic heterocycles. The zero-order valence-electron chi connectivity index (χ0n) is 64.8. The summed E-state index contributed by atoms with van der Waals surface area (Å²) < 4.78 is 115. The standard InChI is InChI=1S/C67H112N4O50/c1-15(80)68-29-41(93)50(26(11-78)105-58(29)102)114-59-30(69-16(2)81)42(94)51(27(12-79)112-59)115-67-57(121-62-47(99)33(85)19(84)13-103-62)54(118-66-56(46(98)37(89)23(8-75)111-66)120-61-32(71-18(4)83)53(39(91)25(10-77)107-61)117-64-49(101)44(96)35(87)21(6-73)109-64)40(92)28(113-67)14-104-65-55(45(97)36(88)22(7-74)110-65)119-60-31(70-17(3)82)52(38(90)24(9-76)106-60)116-63-48(100)43(95)34(86)20(5-72)108-63/h19-67,72-79,84-102H,5-14H2,1-4H3,(H,68,80)(H,69,81)(H,70,82)(H,71,83)/t19-,20-,21-,22-,23-,24-,25-,26-,27-,28-,29-,30-,31-,32-,33+,34+,35+,36-,37-,38-,39-,40-,41-,42-,43+,44+,45+,46+,47-,48-,49-,50-,51-,52-,53-,54+,55+,56+,57+,58-,59+,60+,61+,62+,63+,64+,65+,66-,67+/m1/s1. The SMILES string of the molecule is CC(=O)N[C@@H]1[C@@H](O)[C@H](O[C@@H]2O[C@H](CO)[C@@H](O[C@@H]3O[C@H](CO[C@H]4O[C@H](CO)[C@@H](O)[C@H](O)[C@@H]4O[C@@H]4O[C@H](CO)[C@@H](O)[C@H](O[C@@H]5O[C@H](CO)[C@H](O)[C@H](O)[C@H]5O)[C@H]4NC(C)=O)[C@@H](O)[C@H](O[C@H]4O[C@H](CO)[C@@H](O)[C@H](O)[C@@H]4O[C@@H]4O[C@H](CO)[C@@H](O)[C@H](O[C@@H]5O[C@H](CO)[C@H](O)[C@H](O)[C@H]5O)[C@H]4NC(C)=O)[C@@H]3O[C@@H]3OC[C@@H](O)[C@H](O)[C@H]3O)[C@H](O)[C@H]2NC(C)=O)[C@@H](CO)O[C@H]1O. The van der Waals surface area contributed by atoms with Crippen LogP contribution in [-0.2, 0) is 109 Å². The fourth-order valence-electron chi connectivity index (χ4n) is 15.6. The number of amides is 4. The quantitative estimate of drug-likeness (QED) is 0.0306. The molecule has 4 amide bonds. The molecule has 10 fully saturated rings. The molecule has 121 heavy (non-hydrogen) atoms. The normalized spacial score (nSPS) is 49.4. The van der Waals surface area contributed by atoms with Crippen LogP contribution in [0.5, 0.6) is 0 Å². The maximum Gasteiger partial charge on any atom is 0.217 e. The molecule has 0 unspecified atom stereocenters. The van der Waals surface area contributed by atoms with Crippen LogP contribution < -0.4 is 21.3 Å². The van der Waals surface area contributed by atoms with Gasteiger partial charge in [0.1, 0.15) is 238 Å². The van der Waals surface area contributed by atoms with E-state index in [4.69, 9.17) is 90.0 Å². The van der Waals surface area contributed by atoms with Crippen molar-refractivity contribution in [1.29, 1.82) is 0 Å². The van der Waals surface area contributed by atoms with E-state index >= 15 is 0 Å². The molecule has 10 aliphatic rings. The Morgan fingerprint density at radius 3 is 0.983 bits per heavy atom. The molecule has 10 heterocycles. The van der Waals surface area contributed by atoms with E-state index < -0.39 is 390 Å². The molecule has 10 saturated heterocycles. The van der Waals surface area contributed by atoms with Crippen LogP contribution in [0.4, 0.5) is 0 Å². The molecule has 10 aliphatic heterocycles. The largest absolute Gasteiger partial charge is 0.394 e. The molecule has 54 heteroatoms. The smallest absolute Gasteiger partial charge is 0.217 e. The zero-order chi connectivity index (χ0) is 88.9. The molecule has 0 aliphatic carbocycles. The van der Waals surface area contributed by atoms with E-state index in [1.807, 2.05) is 0 Å². The Morgan fingerprint density at radius 2 is 0.537 bits per heavy atom. The van der Waals surface area contributed by atoms with Crippen molar-refractivity contribution in [1.82, 2.24) is 21.3 Å². The Hall–Kier alpha value is -3.96. The molecule has 0 spiro atoms. The minimum Gasteiger partial charge on any atom is -0.394 e. The summed E-state index contributed by atoms with van der Waals surface area (Å²) in [5.41, 5.74) is 0. The summed E-state index contributed by atoms with van der Waals surface area (Å²) in [6, 6.07) is -7.69. The average Bonchev–Trinajstić information content (AvgIpc) is 0.755. The maximum absolute atomic E-state index is 13.3. The third-order valence-electron chi connectivity index (χ3n) is 22.1. The van der Waals surface area contributed by atoms with Crippen LogP contribution in [0.1, 0.15) is 27.7 Å². The average molecular weight is 1770 g/mol. The molecular weight excluding hydrogens is 1660 g/mol. The predicted molar refractivity (Wildman–Crippen MR) is 370 cm³/mol. The molecule has 0 aromatic rings. The number of nitrogens with one attached hydrogen (secondary N) is 4. The van der Waals surface area contributed by atoms with Crippen LogP contribution in [0.15, 0.2) is 0 Å². The van der Waals surface area contributed by atoms with Gasteiger partial charge < -0.3 is 249 Å². The highest BCUT2D eigenvalue weighted by Gasteiger charge is 2.62. The van der Waals surface area contributed by atoms with Crippen molar-refractivity contribution in [3.63, 3.8) is 0 Å². The number of hydrogen-bond donors (Lipinski definition) is 31. The van der Waals surface area contributed by atoms with Gasteiger partial charge in [0, 0.05) is 27.7 Å². The van der Waals surface area contributed by atoms with Crippen LogP contribution in [0.2, 0.25) is 0 Å². The summed E-state index contributed by atoms with van der Waals surface area (Å²) in [7, 11) is 0. The van der Waals surface area contributed by atoms with Gasteiger partial charge in [-0.25, -0.2) is 0 Å². The minimum atomic E-state index is -2.62. The Kier molecular flexibility index (Phi) is 35.6. The van der Waals surface area contributed by atoms with E-state index in [9.17, 15) is 157 Å². The Labute approximate surface area is 684 Å². The number of hydrogen-bond acceptors (Lipinski definition) is 50. The number of carbonyl (C=O) groups excluding carboxylic acids is 4. The lowest BCUT2D eigenvalue weighted by molar-refractivity contribution is -0.412. The van der Waals surface area contributed by atoms with E-state index in [1.54, 1.807) is 0 Å². The van der Waals surface area contributed by atoms with E-state index in [1.165, 1.54) is 0 Å². The van der Waals surface area contributed by atoms with E-state index in [0.29, 0.717) is 0 Å². The van der Waals surface area contributed by atoms with Gasteiger partial charge in [-0.2, -0.15) is 0 Å². The highest BCUT2D eigenvalue weighted by molar-refractivity contribution is 5.74. The monoisotopic (exact) mass is 1770 g/mol. The van der Waals surface area contributed by atoms with Gasteiger partial charge in [0.15, 0.2) is 62.9 Å². The summed E-state index contributed by atoms with van der Waals surface area (Å²) in [6.07, 6.45) is -97.6. The van der Waals surface area contributed by atoms with Gasteiger partial charge in [0.25, 0.3) is 0 Å². The zero-order valence-corrected chi connectivity index (χ0v) is 64.8. The van der Waals surface area contributed by atoms with Gasteiger partial charge in [-0.1, -0.05) is 0 Å². The molecule has 0 aromatic carbocycles. The van der Waals surface area contributed by atoms with Crippen molar-refractivity contribution in [2.45, 2.75) is 328 Å². The van der Waals surface area contributed by atoms with Crippen LogP contribution in [-0.4, -0.2) is 528 Å². The van der Waals surface area contributed by atoms with Gasteiger partial charge >= 0.3 is 0 Å². The summed E-state index contributed by atoms with van der Waals surface area (Å²) >= 11 is 0. The molecule has 49 atom stereocenters. The lowest BCUT2D eigenvalue weighted by Gasteiger charge is -2.52. The first-order chi connectivity index (χ1) is 57.3. The predicted octanol–water partition coefficient (Wildman–Crippen LogP) is -21.6. The molecule has 54 nitrogen and oxygen atoms in total. The summed E-state index contributed by atoms with van der Waals surface area (Å²) in [5.74, 6) is -3.80. The number of ether oxygens (including phenoxy) is 19. The Morgan fingerprint density at radius 1 is 0.248 bits per heavy atom. The molecule has 700 valence electrons. The van der Waals surface area contributed by atoms with E-state index in [2.05, 4.69) is 21.3 Å². The van der Waals surface area contributed by atoms with Crippen LogP contribution in [0.3, 0.4) is 0 Å². The third kappa shape index (κ3) is 22.0. The van der Waals surface area contributed by atoms with E-state index in [-0.39, 0.29) is 0 Å². The fourth-order valence-corrected chi connectivity index (χ4v) is 15.6. The highest BCUT2D eigenvalue weighted by atomic mass is 16.8. The second-order valence-electron chi connectivity index (χ2n) is 30.5. The maximum atomic E-state index is 13.3. The van der Waals surface area contributed by atoms with Gasteiger partial charge in [-0.15, -0.1) is 0 Å².